The van der Waals surface area contributed by atoms with Crippen molar-refractivity contribution in [2.24, 2.45) is 5.92 Å². The normalized spacial score (nSPS) is 17.9. The Kier molecular flexibility index (Phi) is 6.82. The van der Waals surface area contributed by atoms with Crippen LogP contribution in [0.4, 0.5) is 13.2 Å². The summed E-state index contributed by atoms with van der Waals surface area (Å²) in [6, 6.07) is 9.54. The minimum absolute atomic E-state index is 0.0717. The van der Waals surface area contributed by atoms with Gasteiger partial charge in [-0.15, -0.1) is 0 Å². The number of ether oxygens (including phenoxy) is 1. The average molecular weight is 511 g/mol. The first-order chi connectivity index (χ1) is 17.8. The molecule has 5 rings (SSSR count). The van der Waals surface area contributed by atoms with E-state index in [1.807, 2.05) is 4.57 Å². The van der Waals surface area contributed by atoms with Gasteiger partial charge >= 0.3 is 12.6 Å². The Morgan fingerprint density at radius 1 is 1.14 bits per heavy atom. The maximum Gasteiger partial charge on any atom is 0.387 e. The molecule has 0 unspecified atom stereocenters. The van der Waals surface area contributed by atoms with Crippen molar-refractivity contribution in [2.45, 2.75) is 51.7 Å². The molecule has 2 aromatic carbocycles. The molecular formula is C27H25F3N4O3. The van der Waals surface area contributed by atoms with Crippen LogP contribution in [0.1, 0.15) is 48.8 Å². The van der Waals surface area contributed by atoms with E-state index >= 15 is 4.39 Å². The second kappa shape index (κ2) is 10.2. The van der Waals surface area contributed by atoms with Crippen molar-refractivity contribution in [1.82, 2.24) is 19.5 Å². The van der Waals surface area contributed by atoms with E-state index < -0.39 is 18.4 Å². The molecule has 1 fully saturated rings. The fraction of sp³-hybridized carbons (Fsp3) is 0.333. The molecule has 0 atom stereocenters. The van der Waals surface area contributed by atoms with Crippen molar-refractivity contribution in [2.75, 3.05) is 0 Å². The molecule has 2 heterocycles. The molecular weight excluding hydrogens is 485 g/mol. The van der Waals surface area contributed by atoms with Gasteiger partial charge in [0.1, 0.15) is 23.2 Å². The number of hydrogen-bond acceptors (Lipinski definition) is 5. The van der Waals surface area contributed by atoms with Gasteiger partial charge in [0, 0.05) is 41.1 Å². The monoisotopic (exact) mass is 510 g/mol. The highest BCUT2D eigenvalue weighted by Gasteiger charge is 2.28. The smallest absolute Gasteiger partial charge is 0.387 e. The number of aryl methyl sites for hydroxylation is 1. The summed E-state index contributed by atoms with van der Waals surface area (Å²) in [4.78, 5) is 24.6. The fourth-order valence-corrected chi connectivity index (χ4v) is 4.99. The predicted molar refractivity (Wildman–Crippen MR) is 130 cm³/mol. The molecule has 1 saturated carbocycles. The highest BCUT2D eigenvalue weighted by molar-refractivity contribution is 5.83. The summed E-state index contributed by atoms with van der Waals surface area (Å²) in [6.45, 7) is -0.965. The van der Waals surface area contributed by atoms with Crippen molar-refractivity contribution >= 4 is 17.0 Å². The van der Waals surface area contributed by atoms with Crippen LogP contribution in [0.3, 0.4) is 0 Å². The van der Waals surface area contributed by atoms with E-state index in [1.54, 1.807) is 43.6 Å². The van der Waals surface area contributed by atoms with Crippen LogP contribution in [0.5, 0.6) is 5.75 Å². The molecule has 192 valence electrons. The van der Waals surface area contributed by atoms with E-state index in [9.17, 15) is 18.7 Å². The molecule has 0 aliphatic heterocycles. The molecule has 0 amide bonds. The molecule has 1 aliphatic carbocycles. The predicted octanol–water partition coefficient (Wildman–Crippen LogP) is 5.95. The minimum Gasteiger partial charge on any atom is -0.481 e. The number of alkyl halides is 2. The third kappa shape index (κ3) is 5.14. The van der Waals surface area contributed by atoms with Crippen LogP contribution in [0.25, 0.3) is 22.2 Å². The summed E-state index contributed by atoms with van der Waals surface area (Å²) in [5.74, 6) is -0.179. The van der Waals surface area contributed by atoms with Gasteiger partial charge in [0.2, 0.25) is 0 Å². The van der Waals surface area contributed by atoms with Gasteiger partial charge in [-0.3, -0.25) is 4.79 Å². The molecule has 0 radical (unpaired) electrons. The number of hydrogen-bond donors (Lipinski definition) is 1. The number of nitrogens with zero attached hydrogens (tertiary/aromatic N) is 4. The van der Waals surface area contributed by atoms with Gasteiger partial charge in [0.15, 0.2) is 0 Å². The quantitative estimate of drug-likeness (QED) is 0.331. The Hall–Kier alpha value is -3.95. The second-order valence-corrected chi connectivity index (χ2v) is 9.27. The standard InChI is InChI=1S/C27H25F3N4O3/c1-15-33-22-11-21(28)20(10-23(22)34(15)14-18-4-2-3-5-24(18)37-27(29)30)19-12-31-25(32-13-19)16-6-8-17(9-7-16)26(35)36/h2-5,10-13,16-17,27H,6-9,14H2,1H3,(H,35,36). The van der Waals surface area contributed by atoms with E-state index in [2.05, 4.69) is 19.7 Å². The molecule has 1 aliphatic rings. The first-order valence-corrected chi connectivity index (χ1v) is 12.0. The Bertz CT molecular complexity index is 1430. The number of benzene rings is 2. The summed E-state index contributed by atoms with van der Waals surface area (Å²) in [5, 5.41) is 9.20. The number of rotatable bonds is 7. The van der Waals surface area contributed by atoms with Crippen molar-refractivity contribution in [3.05, 3.63) is 71.8 Å². The lowest BCUT2D eigenvalue weighted by molar-refractivity contribution is -0.142. The van der Waals surface area contributed by atoms with E-state index in [0.29, 0.717) is 65.1 Å². The van der Waals surface area contributed by atoms with Crippen molar-refractivity contribution in [3.63, 3.8) is 0 Å². The summed E-state index contributed by atoms with van der Waals surface area (Å²) in [7, 11) is 0. The topological polar surface area (TPSA) is 90.1 Å². The van der Waals surface area contributed by atoms with Gasteiger partial charge in [0.25, 0.3) is 0 Å². The molecule has 7 nitrogen and oxygen atoms in total. The lowest BCUT2D eigenvalue weighted by atomic mass is 9.81. The second-order valence-electron chi connectivity index (χ2n) is 9.27. The maximum atomic E-state index is 15.1. The third-order valence-electron chi connectivity index (χ3n) is 6.97. The van der Waals surface area contributed by atoms with Crippen LogP contribution in [0, 0.1) is 18.7 Å². The maximum absolute atomic E-state index is 15.1. The first kappa shape index (κ1) is 24.7. The molecule has 4 aromatic rings. The van der Waals surface area contributed by atoms with Gasteiger partial charge in [-0.25, -0.2) is 19.3 Å². The van der Waals surface area contributed by atoms with Crippen LogP contribution in [-0.2, 0) is 11.3 Å². The number of imidazole rings is 1. The van der Waals surface area contributed by atoms with Gasteiger partial charge < -0.3 is 14.4 Å². The van der Waals surface area contributed by atoms with Crippen LogP contribution in [0.2, 0.25) is 0 Å². The zero-order valence-corrected chi connectivity index (χ0v) is 20.1. The van der Waals surface area contributed by atoms with Gasteiger partial charge in [-0.2, -0.15) is 8.78 Å². The molecule has 0 spiro atoms. The van der Waals surface area contributed by atoms with Crippen molar-refractivity contribution < 1.29 is 27.8 Å². The van der Waals surface area contributed by atoms with Crippen LogP contribution in [-0.4, -0.2) is 37.2 Å². The molecule has 0 bridgehead atoms. The van der Waals surface area contributed by atoms with Gasteiger partial charge in [-0.05, 0) is 44.7 Å². The number of halogens is 3. The van der Waals surface area contributed by atoms with Gasteiger partial charge in [-0.1, -0.05) is 18.2 Å². The highest BCUT2D eigenvalue weighted by atomic mass is 19.3. The molecule has 2 aromatic heterocycles. The molecule has 0 saturated heterocycles. The summed E-state index contributed by atoms with van der Waals surface area (Å²) in [6.07, 6.45) is 5.73. The Morgan fingerprint density at radius 2 is 1.84 bits per heavy atom. The minimum atomic E-state index is -2.95. The molecule has 37 heavy (non-hydrogen) atoms. The zero-order chi connectivity index (χ0) is 26.1. The number of aliphatic carboxylic acids is 1. The molecule has 10 heteroatoms. The fourth-order valence-electron chi connectivity index (χ4n) is 4.99. The number of aromatic nitrogens is 4. The van der Waals surface area contributed by atoms with E-state index in [1.165, 1.54) is 12.1 Å². The van der Waals surface area contributed by atoms with E-state index in [4.69, 9.17) is 0 Å². The van der Waals surface area contributed by atoms with Crippen LogP contribution in [0.15, 0.2) is 48.8 Å². The first-order valence-electron chi connectivity index (χ1n) is 12.0. The zero-order valence-electron chi connectivity index (χ0n) is 20.1. The summed E-state index contributed by atoms with van der Waals surface area (Å²) in [5.41, 5.74) is 2.41. The summed E-state index contributed by atoms with van der Waals surface area (Å²) < 4.78 is 47.3. The van der Waals surface area contributed by atoms with Crippen LogP contribution >= 0.6 is 0 Å². The Morgan fingerprint density at radius 3 is 2.51 bits per heavy atom. The SMILES string of the molecule is Cc1nc2cc(F)c(-c3cnc(C4CCC(C(=O)O)CC4)nc3)cc2n1Cc1ccccc1OC(F)F. The summed E-state index contributed by atoms with van der Waals surface area (Å²) >= 11 is 0. The Labute approximate surface area is 211 Å². The largest absolute Gasteiger partial charge is 0.481 e. The number of fused-ring (bicyclic) bond motifs is 1. The van der Waals surface area contributed by atoms with Crippen LogP contribution < -0.4 is 4.74 Å². The molecule has 1 N–H and O–H groups in total. The number of carboxylic acid groups (broad SMARTS) is 1. The number of carbonyl (C=O) groups is 1. The average Bonchev–Trinajstić information content (AvgIpc) is 3.18. The van der Waals surface area contributed by atoms with Crippen molar-refractivity contribution in [1.29, 1.82) is 0 Å². The van der Waals surface area contributed by atoms with E-state index in [0.717, 1.165) is 0 Å². The van der Waals surface area contributed by atoms with Gasteiger partial charge in [0.05, 0.1) is 23.5 Å². The number of carboxylic acids is 1. The van der Waals surface area contributed by atoms with E-state index in [-0.39, 0.29) is 24.1 Å². The lowest BCUT2D eigenvalue weighted by Crippen LogP contribution is -2.21. The third-order valence-corrected chi connectivity index (χ3v) is 6.97. The highest BCUT2D eigenvalue weighted by Crippen LogP contribution is 2.35. The van der Waals surface area contributed by atoms with Crippen molar-refractivity contribution in [3.8, 4) is 16.9 Å². The number of para-hydroxylation sites is 1. The lowest BCUT2D eigenvalue weighted by Gasteiger charge is -2.24. The Balaban J connectivity index is 1.43.